The van der Waals surface area contributed by atoms with Gasteiger partial charge in [0.05, 0.1) is 24.5 Å². The first-order valence-corrected chi connectivity index (χ1v) is 11.1. The van der Waals surface area contributed by atoms with Gasteiger partial charge in [0.1, 0.15) is 5.75 Å². The van der Waals surface area contributed by atoms with Crippen molar-refractivity contribution in [2.24, 2.45) is 5.92 Å². The van der Waals surface area contributed by atoms with E-state index in [0.717, 1.165) is 6.26 Å². The molecule has 2 rings (SSSR count). The molecule has 1 aliphatic heterocycles. The van der Waals surface area contributed by atoms with Crippen LogP contribution in [0.5, 0.6) is 5.75 Å². The molecular formula is C19H28N2O6S. The molecule has 1 aromatic carbocycles. The maximum absolute atomic E-state index is 12.6. The third-order valence-electron chi connectivity index (χ3n) is 4.78. The van der Waals surface area contributed by atoms with Crippen LogP contribution in [0.15, 0.2) is 24.3 Å². The van der Waals surface area contributed by atoms with E-state index in [2.05, 4.69) is 0 Å². The molecule has 0 aliphatic carbocycles. The van der Waals surface area contributed by atoms with Crippen LogP contribution >= 0.6 is 0 Å². The van der Waals surface area contributed by atoms with E-state index in [4.69, 9.17) is 9.47 Å². The Hall–Kier alpha value is -2.29. The Kier molecular flexibility index (Phi) is 7.29. The van der Waals surface area contributed by atoms with Crippen molar-refractivity contribution in [3.63, 3.8) is 0 Å². The van der Waals surface area contributed by atoms with Crippen LogP contribution < -0.4 is 9.04 Å². The fourth-order valence-corrected chi connectivity index (χ4v) is 3.54. The molecule has 1 heterocycles. The fraction of sp³-hybridized carbons (Fsp3) is 0.579. The number of hydrogen-bond donors (Lipinski definition) is 0. The number of likely N-dealkylation sites (tertiary alicyclic amines) is 1. The van der Waals surface area contributed by atoms with E-state index in [1.165, 1.54) is 11.4 Å². The highest BCUT2D eigenvalue weighted by Gasteiger charge is 2.30. The predicted molar refractivity (Wildman–Crippen MR) is 106 cm³/mol. The van der Waals surface area contributed by atoms with Crippen molar-refractivity contribution >= 4 is 27.6 Å². The molecule has 0 bridgehead atoms. The molecule has 156 valence electrons. The van der Waals surface area contributed by atoms with Crippen molar-refractivity contribution in [3.05, 3.63) is 24.3 Å². The summed E-state index contributed by atoms with van der Waals surface area (Å²) in [5.74, 6) is -0.00907. The Balaban J connectivity index is 1.90. The summed E-state index contributed by atoms with van der Waals surface area (Å²) >= 11 is 0. The number of anilines is 1. The van der Waals surface area contributed by atoms with Crippen LogP contribution in [0.2, 0.25) is 0 Å². The summed E-state index contributed by atoms with van der Waals surface area (Å²) in [6.45, 7) is 4.81. The molecule has 0 aromatic heterocycles. The second kappa shape index (κ2) is 9.27. The summed E-state index contributed by atoms with van der Waals surface area (Å²) in [7, 11) is -1.87. The second-order valence-electron chi connectivity index (χ2n) is 6.84. The summed E-state index contributed by atoms with van der Waals surface area (Å²) in [4.78, 5) is 26.1. The number of benzene rings is 1. The lowest BCUT2D eigenvalue weighted by Gasteiger charge is -2.32. The lowest BCUT2D eigenvalue weighted by atomic mass is 9.97. The minimum atomic E-state index is -3.34. The average Bonchev–Trinajstić information content (AvgIpc) is 2.67. The molecule has 1 fully saturated rings. The maximum atomic E-state index is 12.6. The van der Waals surface area contributed by atoms with Gasteiger partial charge in [-0.3, -0.25) is 13.9 Å². The van der Waals surface area contributed by atoms with Gasteiger partial charge in [-0.15, -0.1) is 0 Å². The lowest BCUT2D eigenvalue weighted by molar-refractivity contribution is -0.152. The first kappa shape index (κ1) is 22.0. The predicted octanol–water partition coefficient (Wildman–Crippen LogP) is 1.65. The highest BCUT2D eigenvalue weighted by molar-refractivity contribution is 7.92. The Morgan fingerprint density at radius 3 is 2.29 bits per heavy atom. The molecule has 1 unspecified atom stereocenters. The Labute approximate surface area is 166 Å². The number of carbonyl (C=O) groups excluding carboxylic acids is 2. The first-order chi connectivity index (χ1) is 13.1. The summed E-state index contributed by atoms with van der Waals surface area (Å²) in [6.07, 6.45) is 1.62. The van der Waals surface area contributed by atoms with Gasteiger partial charge in [0, 0.05) is 20.1 Å². The molecule has 0 radical (unpaired) electrons. The van der Waals surface area contributed by atoms with Crippen molar-refractivity contribution in [1.29, 1.82) is 0 Å². The van der Waals surface area contributed by atoms with Crippen LogP contribution in [0.3, 0.4) is 0 Å². The molecular weight excluding hydrogens is 384 g/mol. The van der Waals surface area contributed by atoms with Crippen molar-refractivity contribution in [1.82, 2.24) is 4.90 Å². The monoisotopic (exact) mass is 412 g/mol. The van der Waals surface area contributed by atoms with Gasteiger partial charge in [-0.05, 0) is 51.0 Å². The first-order valence-electron chi connectivity index (χ1n) is 9.29. The number of amides is 1. The molecule has 0 saturated carbocycles. The molecule has 1 aromatic rings. The molecule has 9 heteroatoms. The summed E-state index contributed by atoms with van der Waals surface area (Å²) in [5, 5.41) is 0. The maximum Gasteiger partial charge on any atom is 0.309 e. The third kappa shape index (κ3) is 5.60. The van der Waals surface area contributed by atoms with E-state index in [1.54, 1.807) is 43.0 Å². The number of hydrogen-bond acceptors (Lipinski definition) is 6. The zero-order valence-corrected chi connectivity index (χ0v) is 17.6. The zero-order valence-electron chi connectivity index (χ0n) is 16.8. The number of esters is 1. The molecule has 8 nitrogen and oxygen atoms in total. The summed E-state index contributed by atoms with van der Waals surface area (Å²) < 4.78 is 35.1. The van der Waals surface area contributed by atoms with Gasteiger partial charge < -0.3 is 14.4 Å². The quantitative estimate of drug-likeness (QED) is 0.632. The van der Waals surface area contributed by atoms with Crippen LogP contribution in [0.1, 0.15) is 26.7 Å². The number of piperidine rings is 1. The highest BCUT2D eigenvalue weighted by atomic mass is 32.2. The second-order valence-corrected chi connectivity index (χ2v) is 8.85. The number of ether oxygens (including phenoxy) is 2. The van der Waals surface area contributed by atoms with Crippen molar-refractivity contribution in [2.75, 3.05) is 37.3 Å². The van der Waals surface area contributed by atoms with Crippen molar-refractivity contribution in [2.45, 2.75) is 32.8 Å². The molecule has 28 heavy (non-hydrogen) atoms. The van der Waals surface area contributed by atoms with E-state index in [9.17, 15) is 18.0 Å². The van der Waals surface area contributed by atoms with E-state index < -0.39 is 16.1 Å². The third-order valence-corrected chi connectivity index (χ3v) is 5.99. The van der Waals surface area contributed by atoms with Gasteiger partial charge >= 0.3 is 5.97 Å². The number of sulfonamides is 1. The molecule has 1 aliphatic rings. The summed E-state index contributed by atoms with van der Waals surface area (Å²) in [5.41, 5.74) is 0.509. The molecule has 0 spiro atoms. The van der Waals surface area contributed by atoms with Gasteiger partial charge in [0.15, 0.2) is 6.10 Å². The normalized spacial score (nSPS) is 16.4. The number of carbonyl (C=O) groups is 2. The minimum Gasteiger partial charge on any atom is -0.481 e. The van der Waals surface area contributed by atoms with Crippen LogP contribution in [0, 0.1) is 5.92 Å². The Bertz CT molecular complexity index is 785. The molecule has 1 saturated heterocycles. The smallest absolute Gasteiger partial charge is 0.309 e. The average molecular weight is 413 g/mol. The summed E-state index contributed by atoms with van der Waals surface area (Å²) in [6, 6.07) is 6.51. The topological polar surface area (TPSA) is 93.2 Å². The van der Waals surface area contributed by atoms with E-state index in [0.29, 0.717) is 44.0 Å². The van der Waals surface area contributed by atoms with Gasteiger partial charge in [0.2, 0.25) is 10.0 Å². The fourth-order valence-electron chi connectivity index (χ4n) is 3.03. The largest absolute Gasteiger partial charge is 0.481 e. The van der Waals surface area contributed by atoms with E-state index >= 15 is 0 Å². The molecule has 1 amide bonds. The Morgan fingerprint density at radius 2 is 1.79 bits per heavy atom. The van der Waals surface area contributed by atoms with E-state index in [1.807, 2.05) is 0 Å². The lowest BCUT2D eigenvalue weighted by Crippen LogP contribution is -2.45. The van der Waals surface area contributed by atoms with Gasteiger partial charge in [-0.1, -0.05) is 0 Å². The van der Waals surface area contributed by atoms with Crippen LogP contribution in [0.4, 0.5) is 5.69 Å². The van der Waals surface area contributed by atoms with E-state index in [-0.39, 0.29) is 17.8 Å². The zero-order chi connectivity index (χ0) is 20.9. The number of rotatable bonds is 7. The number of nitrogens with zero attached hydrogens (tertiary/aromatic N) is 2. The Morgan fingerprint density at radius 1 is 1.21 bits per heavy atom. The SMILES string of the molecule is CCOC(=O)C1CCN(C(=O)C(C)Oc2ccc(N(C)S(C)(=O)=O)cc2)CC1. The minimum absolute atomic E-state index is 0.139. The standard InChI is InChI=1S/C19H28N2O6S/c1-5-26-19(23)15-10-12-21(13-11-15)18(22)14(2)27-17-8-6-16(7-9-17)20(3)28(4,24)25/h6-9,14-15H,5,10-13H2,1-4H3. The van der Waals surface area contributed by atoms with Crippen molar-refractivity contribution in [3.8, 4) is 5.75 Å². The van der Waals surface area contributed by atoms with Crippen LogP contribution in [-0.4, -0.2) is 64.3 Å². The van der Waals surface area contributed by atoms with Gasteiger partial charge in [-0.25, -0.2) is 8.42 Å². The van der Waals surface area contributed by atoms with Crippen LogP contribution in [0.25, 0.3) is 0 Å². The van der Waals surface area contributed by atoms with Crippen LogP contribution in [-0.2, 0) is 24.3 Å². The van der Waals surface area contributed by atoms with Gasteiger partial charge in [-0.2, -0.15) is 0 Å². The molecule has 1 atom stereocenters. The van der Waals surface area contributed by atoms with Gasteiger partial charge in [0.25, 0.3) is 5.91 Å². The highest BCUT2D eigenvalue weighted by Crippen LogP contribution is 2.23. The molecule has 0 N–H and O–H groups in total. The van der Waals surface area contributed by atoms with Crippen molar-refractivity contribution < 1.29 is 27.5 Å².